The Kier molecular flexibility index (Phi) is 6.03. The number of carboxylic acids is 1. The number of carbonyl (C=O) groups is 2. The highest BCUT2D eigenvalue weighted by Crippen LogP contribution is 2.47. The van der Waals surface area contributed by atoms with Crippen LogP contribution in [0.2, 0.25) is 0 Å². The summed E-state index contributed by atoms with van der Waals surface area (Å²) in [5.41, 5.74) is -0.532. The van der Waals surface area contributed by atoms with E-state index in [1.165, 1.54) is 36.4 Å². The highest BCUT2D eigenvalue weighted by Gasteiger charge is 2.60. The number of carbonyl (C=O) groups excluding carboxylic acids is 1. The van der Waals surface area contributed by atoms with E-state index in [-0.39, 0.29) is 62.1 Å². The number of aliphatic hydroxyl groups excluding tert-OH is 1. The Morgan fingerprint density at radius 2 is 1.77 bits per heavy atom. The fraction of sp³-hybridized carbons (Fsp3) is 0.130. The van der Waals surface area contributed by atoms with E-state index in [0.717, 1.165) is 18.2 Å². The zero-order chi connectivity index (χ0) is 25.7. The van der Waals surface area contributed by atoms with Crippen molar-refractivity contribution in [1.82, 2.24) is 0 Å². The van der Waals surface area contributed by atoms with Crippen molar-refractivity contribution in [3.8, 4) is 11.5 Å². The Bertz CT molecular complexity index is 1350. The van der Waals surface area contributed by atoms with Crippen LogP contribution in [0.15, 0.2) is 66.0 Å². The fourth-order valence-corrected chi connectivity index (χ4v) is 3.96. The molecule has 0 radical (unpaired) electrons. The Morgan fingerprint density at radius 1 is 1.06 bits per heavy atom. The molecule has 35 heavy (non-hydrogen) atoms. The van der Waals surface area contributed by atoms with Crippen LogP contribution in [-0.4, -0.2) is 43.2 Å². The minimum absolute atomic E-state index is 0.0645. The Balaban J connectivity index is 1.99. The van der Waals surface area contributed by atoms with Gasteiger partial charge in [-0.25, -0.2) is 4.79 Å². The van der Waals surface area contributed by atoms with Gasteiger partial charge in [0.05, 0.1) is 5.56 Å². The third kappa shape index (κ3) is 4.33. The van der Waals surface area contributed by atoms with Crippen LogP contribution >= 0.6 is 22.6 Å². The summed E-state index contributed by atoms with van der Waals surface area (Å²) in [4.78, 5) is 24.3. The number of aromatic hydroxyl groups is 1. The maximum atomic E-state index is 14.0. The number of allylic oxidation sites excluding steroid dienone is 1. The second-order valence-electron chi connectivity index (χ2n) is 7.53. The lowest BCUT2D eigenvalue weighted by Crippen LogP contribution is -2.46. The summed E-state index contributed by atoms with van der Waals surface area (Å²) in [6, 6.07) is 7.28. The molecule has 12 heteroatoms. The number of carboxylic acid groups (broad SMARTS) is 1. The molecule has 0 spiro atoms. The van der Waals surface area contributed by atoms with E-state index < -0.39 is 39.1 Å². The smallest absolute Gasteiger partial charge is 0.395 e. The second kappa shape index (κ2) is 8.59. The first-order valence-electron chi connectivity index (χ1n) is 9.77. The molecule has 182 valence electrons. The van der Waals surface area contributed by atoms with Gasteiger partial charge in [0, 0.05) is 62.7 Å². The molecule has 1 aliphatic carbocycles. The minimum Gasteiger partial charge on any atom is -0.508 e. The topological polar surface area (TPSA) is 116 Å². The van der Waals surface area contributed by atoms with Gasteiger partial charge in [-0.15, -0.1) is 0 Å². The summed E-state index contributed by atoms with van der Waals surface area (Å²) < 4.78 is 56.0. The van der Waals surface area contributed by atoms with Crippen LogP contribution in [0, 0.1) is 0 Å². The van der Waals surface area contributed by atoms with Crippen molar-refractivity contribution in [2.75, 3.05) is 5.32 Å². The zero-order valence-corrected chi connectivity index (χ0v) is 19.4. The minimum atomic E-state index is -5.11. The molecule has 1 heterocycles. The average Bonchev–Trinajstić information content (AvgIpc) is 2.76. The van der Waals surface area contributed by atoms with Gasteiger partial charge < -0.3 is 25.4 Å². The van der Waals surface area contributed by atoms with Gasteiger partial charge in [-0.05, 0) is 30.3 Å². The summed E-state index contributed by atoms with van der Waals surface area (Å²) in [5, 5.41) is 31.4. The molecule has 1 aliphatic heterocycles. The number of phenolic OH excluding ortho intramolecular Hbond substituents is 1. The van der Waals surface area contributed by atoms with E-state index in [4.69, 9.17) is 4.74 Å². The summed E-state index contributed by atoms with van der Waals surface area (Å²) in [6.45, 7) is 0. The molecule has 0 fully saturated rings. The quantitative estimate of drug-likeness (QED) is 0.211. The molecule has 7 nitrogen and oxygen atoms in total. The van der Waals surface area contributed by atoms with Crippen molar-refractivity contribution in [1.29, 1.82) is 0 Å². The summed E-state index contributed by atoms with van der Waals surface area (Å²) in [5.74, 6) is -9.24. The Morgan fingerprint density at radius 3 is 2.43 bits per heavy atom. The first kappa shape index (κ1) is 24.6. The molecule has 2 aliphatic rings. The molecule has 1 amide bonds. The number of halogens is 5. The first-order chi connectivity index (χ1) is 16.3. The van der Waals surface area contributed by atoms with Gasteiger partial charge in [0.25, 0.3) is 0 Å². The predicted octanol–water partition coefficient (Wildman–Crippen LogP) is 5.27. The average molecular weight is 603 g/mol. The number of nitrogens with one attached hydrogen (secondary N) is 1. The standard InChI is InChI=1S/C23H14F4INO6/c24-22(25,23(26,27)28)21(34)29-15-3-1-2-14(20(32)33)19(15)18-12-6-4-10(30)8-16(12)35-17-9-11(31)5-7-13(17)18/h1-9,16,30-31H,(H,29,34)(H,32,33). The third-order valence-electron chi connectivity index (χ3n) is 5.27. The highest BCUT2D eigenvalue weighted by molar-refractivity contribution is 14.1. The van der Waals surface area contributed by atoms with Crippen molar-refractivity contribution in [2.45, 2.75) is 16.0 Å². The number of amides is 1. The molecule has 0 saturated carbocycles. The molecular formula is C23H14F4INO6. The van der Waals surface area contributed by atoms with E-state index in [1.54, 1.807) is 5.32 Å². The monoisotopic (exact) mass is 603 g/mol. The van der Waals surface area contributed by atoms with Gasteiger partial charge in [-0.1, -0.05) is 12.1 Å². The molecule has 1 atom stereocenters. The van der Waals surface area contributed by atoms with E-state index in [9.17, 15) is 42.5 Å². The molecule has 0 aromatic heterocycles. The molecule has 2 aromatic carbocycles. The molecule has 0 bridgehead atoms. The molecule has 0 saturated heterocycles. The van der Waals surface area contributed by atoms with Crippen LogP contribution in [0.4, 0.5) is 23.2 Å². The zero-order valence-electron chi connectivity index (χ0n) is 17.2. The van der Waals surface area contributed by atoms with Gasteiger partial charge in [-0.3, -0.25) is 4.79 Å². The second-order valence-corrected chi connectivity index (χ2v) is 8.89. The van der Waals surface area contributed by atoms with E-state index in [0.29, 0.717) is 0 Å². The van der Waals surface area contributed by atoms with Crippen LogP contribution in [-0.2, 0) is 4.79 Å². The summed E-state index contributed by atoms with van der Waals surface area (Å²) >= 11 is 0.149. The number of hydrogen-bond acceptors (Lipinski definition) is 5. The SMILES string of the molecule is O=C(O)c1cccc(NC(=O)C(F)(F)C(F)(F)I)c1C1=C2C=CC(O)=CC2Oc2cc(O)ccc21. The van der Waals surface area contributed by atoms with Gasteiger partial charge in [-0.2, -0.15) is 17.6 Å². The van der Waals surface area contributed by atoms with Crippen LogP contribution in [0.25, 0.3) is 5.57 Å². The lowest BCUT2D eigenvalue weighted by molar-refractivity contribution is -0.168. The molecule has 4 N–H and O–H groups in total. The molecular weight excluding hydrogens is 589 g/mol. The van der Waals surface area contributed by atoms with E-state index in [1.807, 2.05) is 0 Å². The van der Waals surface area contributed by atoms with Crippen LogP contribution in [0.1, 0.15) is 21.5 Å². The summed E-state index contributed by atoms with van der Waals surface area (Å²) in [6.07, 6.45) is 3.00. The summed E-state index contributed by atoms with van der Waals surface area (Å²) in [7, 11) is 0. The van der Waals surface area contributed by atoms with Crippen LogP contribution < -0.4 is 10.1 Å². The highest BCUT2D eigenvalue weighted by atomic mass is 127. The third-order valence-corrected chi connectivity index (χ3v) is 5.95. The lowest BCUT2D eigenvalue weighted by atomic mass is 9.83. The maximum Gasteiger partial charge on any atom is 0.395 e. The van der Waals surface area contributed by atoms with E-state index >= 15 is 0 Å². The van der Waals surface area contributed by atoms with Gasteiger partial charge >= 0.3 is 21.7 Å². The number of phenols is 1. The number of benzene rings is 2. The van der Waals surface area contributed by atoms with Crippen molar-refractivity contribution < 1.29 is 47.2 Å². The number of anilines is 1. The van der Waals surface area contributed by atoms with Gasteiger partial charge in [0.2, 0.25) is 0 Å². The van der Waals surface area contributed by atoms with Crippen molar-refractivity contribution in [3.63, 3.8) is 0 Å². The van der Waals surface area contributed by atoms with Crippen molar-refractivity contribution in [2.24, 2.45) is 0 Å². The van der Waals surface area contributed by atoms with Crippen molar-refractivity contribution in [3.05, 3.63) is 82.6 Å². The normalized spacial score (nSPS) is 17.2. The molecule has 2 aromatic rings. The van der Waals surface area contributed by atoms with Crippen LogP contribution in [0.3, 0.4) is 0 Å². The lowest BCUT2D eigenvalue weighted by Gasteiger charge is -2.31. The molecule has 1 unspecified atom stereocenters. The number of alkyl halides is 5. The van der Waals surface area contributed by atoms with E-state index in [2.05, 4.69) is 0 Å². The number of ether oxygens (including phenoxy) is 1. The van der Waals surface area contributed by atoms with Gasteiger partial charge in [0.15, 0.2) is 0 Å². The Hall–Kier alpha value is -3.55. The van der Waals surface area contributed by atoms with Crippen molar-refractivity contribution >= 4 is 45.7 Å². The number of aromatic carboxylic acids is 1. The number of hydrogen-bond donors (Lipinski definition) is 4. The predicted molar refractivity (Wildman–Crippen MR) is 124 cm³/mol. The maximum absolute atomic E-state index is 14.0. The number of fused-ring (bicyclic) bond motifs is 2. The molecule has 4 rings (SSSR count). The fourth-order valence-electron chi connectivity index (χ4n) is 3.71. The largest absolute Gasteiger partial charge is 0.508 e. The number of rotatable bonds is 5. The van der Waals surface area contributed by atoms with Gasteiger partial charge in [0.1, 0.15) is 23.4 Å². The first-order valence-corrected chi connectivity index (χ1v) is 10.8. The number of aliphatic hydroxyl groups is 1. The Labute approximate surface area is 208 Å². The van der Waals surface area contributed by atoms with Crippen LogP contribution in [0.5, 0.6) is 11.5 Å².